The molecule has 27 heavy (non-hydrogen) atoms. The summed E-state index contributed by atoms with van der Waals surface area (Å²) in [5.74, 6) is 1.06. The summed E-state index contributed by atoms with van der Waals surface area (Å²) in [6.45, 7) is 4.07. The van der Waals surface area contributed by atoms with Gasteiger partial charge in [-0.1, -0.05) is 12.1 Å². The van der Waals surface area contributed by atoms with Crippen molar-refractivity contribution in [3.8, 4) is 5.75 Å². The third-order valence-corrected chi connectivity index (χ3v) is 3.90. The Morgan fingerprint density at radius 1 is 1.19 bits per heavy atom. The van der Waals surface area contributed by atoms with E-state index in [1.807, 2.05) is 25.1 Å². The zero-order chi connectivity index (χ0) is 19.5. The van der Waals surface area contributed by atoms with Crippen LogP contribution in [0.4, 0.5) is 4.39 Å². The molecule has 0 aliphatic rings. The van der Waals surface area contributed by atoms with Crippen molar-refractivity contribution in [2.75, 3.05) is 27.4 Å². The van der Waals surface area contributed by atoms with Crippen molar-refractivity contribution >= 4 is 5.96 Å². The van der Waals surface area contributed by atoms with Crippen molar-refractivity contribution in [1.82, 2.24) is 15.6 Å². The number of nitrogens with one attached hydrogen (secondary N) is 2. The van der Waals surface area contributed by atoms with Gasteiger partial charge in [0, 0.05) is 45.5 Å². The predicted octanol–water partition coefficient (Wildman–Crippen LogP) is 2.81. The summed E-state index contributed by atoms with van der Waals surface area (Å²) in [6, 6.07) is 9.04. The molecule has 1 aromatic heterocycles. The van der Waals surface area contributed by atoms with Crippen LogP contribution in [-0.2, 0) is 17.8 Å². The predicted molar refractivity (Wildman–Crippen MR) is 104 cm³/mol. The molecule has 7 heteroatoms. The van der Waals surface area contributed by atoms with Crippen LogP contribution < -0.4 is 15.4 Å². The van der Waals surface area contributed by atoms with Crippen LogP contribution in [0.15, 0.2) is 41.5 Å². The molecule has 0 amide bonds. The van der Waals surface area contributed by atoms with Crippen LogP contribution in [-0.4, -0.2) is 38.3 Å². The van der Waals surface area contributed by atoms with Crippen molar-refractivity contribution in [3.63, 3.8) is 0 Å². The third kappa shape index (κ3) is 6.86. The monoisotopic (exact) mass is 374 g/mol. The largest absolute Gasteiger partial charge is 0.493 e. The average molecular weight is 374 g/mol. The van der Waals surface area contributed by atoms with Crippen LogP contribution in [0, 0.1) is 12.7 Å². The zero-order valence-corrected chi connectivity index (χ0v) is 16.1. The van der Waals surface area contributed by atoms with Gasteiger partial charge >= 0.3 is 0 Å². The van der Waals surface area contributed by atoms with E-state index in [9.17, 15) is 4.39 Å². The summed E-state index contributed by atoms with van der Waals surface area (Å²) in [5, 5.41) is 6.29. The number of guanidine groups is 1. The Hall–Kier alpha value is -2.67. The van der Waals surface area contributed by atoms with Crippen LogP contribution in [0.2, 0.25) is 0 Å². The van der Waals surface area contributed by atoms with E-state index in [2.05, 4.69) is 20.6 Å². The van der Waals surface area contributed by atoms with Crippen molar-refractivity contribution in [1.29, 1.82) is 0 Å². The molecule has 2 N–H and O–H groups in total. The number of aryl methyl sites for hydroxylation is 1. The maximum absolute atomic E-state index is 13.7. The number of benzene rings is 1. The molecule has 0 bridgehead atoms. The van der Waals surface area contributed by atoms with Gasteiger partial charge in [-0.3, -0.25) is 9.98 Å². The summed E-state index contributed by atoms with van der Waals surface area (Å²) in [5.41, 5.74) is 2.50. The van der Waals surface area contributed by atoms with E-state index >= 15 is 0 Å². The highest BCUT2D eigenvalue weighted by atomic mass is 19.1. The van der Waals surface area contributed by atoms with Gasteiger partial charge in [-0.15, -0.1) is 0 Å². The summed E-state index contributed by atoms with van der Waals surface area (Å²) in [4.78, 5) is 8.19. The Balaban J connectivity index is 1.92. The van der Waals surface area contributed by atoms with Crippen molar-refractivity contribution < 1.29 is 13.9 Å². The molecule has 0 aliphatic heterocycles. The normalized spacial score (nSPS) is 11.3. The Morgan fingerprint density at radius 2 is 2.00 bits per heavy atom. The Labute approximate surface area is 159 Å². The number of rotatable bonds is 9. The molecular formula is C20H27FN4O2. The quantitative estimate of drug-likeness (QED) is 0.401. The standard InChI is InChI=1S/C20H27FN4O2/c1-15-7-8-16(19(12-15)27-11-5-10-26-3)13-24-20(22-2)25-14-18-17(21)6-4-9-23-18/h4,6-9,12H,5,10-11,13-14H2,1-3H3,(H2,22,24,25). The van der Waals surface area contributed by atoms with E-state index < -0.39 is 0 Å². The molecule has 0 unspecified atom stereocenters. The van der Waals surface area contributed by atoms with Gasteiger partial charge in [0.15, 0.2) is 5.96 Å². The van der Waals surface area contributed by atoms with Crippen LogP contribution in [0.1, 0.15) is 23.2 Å². The fourth-order valence-corrected chi connectivity index (χ4v) is 2.44. The molecule has 0 atom stereocenters. The molecule has 1 heterocycles. The first-order valence-electron chi connectivity index (χ1n) is 8.89. The number of hydrogen-bond acceptors (Lipinski definition) is 4. The molecule has 146 valence electrons. The van der Waals surface area contributed by atoms with Gasteiger partial charge in [0.1, 0.15) is 11.6 Å². The minimum atomic E-state index is -0.342. The van der Waals surface area contributed by atoms with E-state index in [0.717, 1.165) is 23.3 Å². The molecule has 1 aromatic carbocycles. The van der Waals surface area contributed by atoms with Crippen LogP contribution in [0.5, 0.6) is 5.75 Å². The van der Waals surface area contributed by atoms with Gasteiger partial charge < -0.3 is 20.1 Å². The SMILES string of the molecule is CN=C(NCc1ccc(C)cc1OCCCOC)NCc1ncccc1F. The third-order valence-electron chi connectivity index (χ3n) is 3.90. The first-order chi connectivity index (χ1) is 13.1. The second kappa shape index (κ2) is 11.1. The highest BCUT2D eigenvalue weighted by molar-refractivity contribution is 5.79. The molecule has 0 fully saturated rings. The number of ether oxygens (including phenoxy) is 2. The number of aromatic nitrogens is 1. The summed E-state index contributed by atoms with van der Waals surface area (Å²) in [7, 11) is 3.35. The van der Waals surface area contributed by atoms with Gasteiger partial charge in [0.25, 0.3) is 0 Å². The number of halogens is 1. The number of aliphatic imine (C=N–C) groups is 1. The fraction of sp³-hybridized carbons (Fsp3) is 0.400. The summed E-state index contributed by atoms with van der Waals surface area (Å²) in [6.07, 6.45) is 2.39. The van der Waals surface area contributed by atoms with Crippen LogP contribution in [0.25, 0.3) is 0 Å². The molecule has 0 spiro atoms. The highest BCUT2D eigenvalue weighted by Gasteiger charge is 2.07. The molecule has 0 radical (unpaired) electrons. The maximum atomic E-state index is 13.7. The molecule has 2 rings (SSSR count). The fourth-order valence-electron chi connectivity index (χ4n) is 2.44. The van der Waals surface area contributed by atoms with E-state index in [1.54, 1.807) is 26.4 Å². The lowest BCUT2D eigenvalue weighted by Gasteiger charge is -2.15. The first kappa shape index (κ1) is 20.6. The Kier molecular flexibility index (Phi) is 8.51. The first-order valence-corrected chi connectivity index (χ1v) is 8.89. The van der Waals surface area contributed by atoms with Crippen molar-refractivity contribution in [3.05, 3.63) is 59.2 Å². The van der Waals surface area contributed by atoms with E-state index in [0.29, 0.717) is 31.4 Å². The van der Waals surface area contributed by atoms with Gasteiger partial charge in [0.2, 0.25) is 0 Å². The van der Waals surface area contributed by atoms with Crippen molar-refractivity contribution in [2.45, 2.75) is 26.4 Å². The molecule has 0 aliphatic carbocycles. The van der Waals surface area contributed by atoms with E-state index in [-0.39, 0.29) is 12.4 Å². The number of methoxy groups -OCH3 is 1. The van der Waals surface area contributed by atoms with Gasteiger partial charge in [-0.05, 0) is 30.7 Å². The minimum absolute atomic E-state index is 0.251. The lowest BCUT2D eigenvalue weighted by molar-refractivity contribution is 0.171. The number of hydrogen-bond donors (Lipinski definition) is 2. The van der Waals surface area contributed by atoms with E-state index in [4.69, 9.17) is 9.47 Å². The zero-order valence-electron chi connectivity index (χ0n) is 16.1. The van der Waals surface area contributed by atoms with Gasteiger partial charge in [-0.25, -0.2) is 4.39 Å². The van der Waals surface area contributed by atoms with E-state index in [1.165, 1.54) is 6.07 Å². The molecule has 0 saturated heterocycles. The Morgan fingerprint density at radius 3 is 2.74 bits per heavy atom. The molecule has 2 aromatic rings. The summed E-state index contributed by atoms with van der Waals surface area (Å²) >= 11 is 0. The lowest BCUT2D eigenvalue weighted by Crippen LogP contribution is -2.36. The smallest absolute Gasteiger partial charge is 0.191 e. The maximum Gasteiger partial charge on any atom is 0.191 e. The molecular weight excluding hydrogens is 347 g/mol. The molecule has 6 nitrogen and oxygen atoms in total. The van der Waals surface area contributed by atoms with Gasteiger partial charge in [-0.2, -0.15) is 0 Å². The second-order valence-corrected chi connectivity index (χ2v) is 6.02. The highest BCUT2D eigenvalue weighted by Crippen LogP contribution is 2.20. The van der Waals surface area contributed by atoms with Crippen LogP contribution >= 0.6 is 0 Å². The molecule has 0 saturated carbocycles. The lowest BCUT2D eigenvalue weighted by atomic mass is 10.1. The minimum Gasteiger partial charge on any atom is -0.493 e. The summed E-state index contributed by atoms with van der Waals surface area (Å²) < 4.78 is 24.6. The second-order valence-electron chi connectivity index (χ2n) is 6.02. The average Bonchev–Trinajstić information content (AvgIpc) is 2.68. The van der Waals surface area contributed by atoms with Crippen molar-refractivity contribution in [2.24, 2.45) is 4.99 Å². The number of pyridine rings is 1. The Bertz CT molecular complexity index is 753. The van der Waals surface area contributed by atoms with Gasteiger partial charge in [0.05, 0.1) is 18.8 Å². The topological polar surface area (TPSA) is 67.8 Å². The van der Waals surface area contributed by atoms with Crippen LogP contribution in [0.3, 0.4) is 0 Å². The number of nitrogens with zero attached hydrogens (tertiary/aromatic N) is 2.